The summed E-state index contributed by atoms with van der Waals surface area (Å²) >= 11 is 0. The number of benzene rings is 2. The van der Waals surface area contributed by atoms with Crippen LogP contribution in [0.1, 0.15) is 29.3 Å². The van der Waals surface area contributed by atoms with Gasteiger partial charge in [0.1, 0.15) is 5.76 Å². The first kappa shape index (κ1) is 24.5. The first-order valence-electron chi connectivity index (χ1n) is 10.8. The molecule has 1 atom stereocenters. The van der Waals surface area contributed by atoms with Crippen molar-refractivity contribution in [1.29, 1.82) is 0 Å². The van der Waals surface area contributed by atoms with E-state index in [1.54, 1.807) is 42.7 Å². The van der Waals surface area contributed by atoms with Crippen molar-refractivity contribution in [2.45, 2.75) is 31.2 Å². The molecule has 0 saturated carbocycles. The molecule has 1 heterocycles. The molecular weight excluding hydrogens is 438 g/mol. The number of carbonyl (C=O) groups is 1. The van der Waals surface area contributed by atoms with Gasteiger partial charge in [-0.1, -0.05) is 35.4 Å². The molecule has 0 saturated heterocycles. The summed E-state index contributed by atoms with van der Waals surface area (Å²) in [5.74, 6) is 0.521. The normalized spacial score (nSPS) is 12.5. The van der Waals surface area contributed by atoms with Crippen LogP contribution in [0.4, 0.5) is 5.69 Å². The molecule has 1 aromatic heterocycles. The van der Waals surface area contributed by atoms with Gasteiger partial charge in [-0.15, -0.1) is 0 Å². The molecule has 0 bridgehead atoms. The number of aryl methyl sites for hydroxylation is 2. The Kier molecular flexibility index (Phi) is 7.94. The van der Waals surface area contributed by atoms with E-state index in [1.807, 2.05) is 57.1 Å². The van der Waals surface area contributed by atoms with Crippen LogP contribution in [-0.2, 0) is 14.8 Å². The standard InChI is InChI=1S/C25H31N3O4S/c1-19-7-11-21(12-8-19)28(33(30,31)22-13-9-20(2)10-14-22)16-15-25(29)26-18-23(27(3)4)24-6-5-17-32-24/h5-14,17,23H,15-16,18H2,1-4H3,(H,26,29). The molecule has 0 radical (unpaired) electrons. The fourth-order valence-corrected chi connectivity index (χ4v) is 4.92. The quantitative estimate of drug-likeness (QED) is 0.487. The van der Waals surface area contributed by atoms with E-state index in [1.165, 1.54) is 4.31 Å². The van der Waals surface area contributed by atoms with Crippen LogP contribution in [-0.4, -0.2) is 46.4 Å². The molecule has 1 N–H and O–H groups in total. The molecule has 0 aliphatic rings. The molecule has 0 fully saturated rings. The monoisotopic (exact) mass is 469 g/mol. The zero-order chi connectivity index (χ0) is 24.0. The molecule has 1 amide bonds. The van der Waals surface area contributed by atoms with Crippen molar-refractivity contribution in [3.05, 3.63) is 83.8 Å². The van der Waals surface area contributed by atoms with Crippen LogP contribution < -0.4 is 9.62 Å². The average Bonchev–Trinajstić information content (AvgIpc) is 3.29. The zero-order valence-electron chi connectivity index (χ0n) is 19.5. The number of hydrogen-bond acceptors (Lipinski definition) is 5. The van der Waals surface area contributed by atoms with Crippen molar-refractivity contribution >= 4 is 21.6 Å². The summed E-state index contributed by atoms with van der Waals surface area (Å²) < 4.78 is 33.6. The number of amides is 1. The second-order valence-electron chi connectivity index (χ2n) is 8.27. The summed E-state index contributed by atoms with van der Waals surface area (Å²) in [4.78, 5) is 14.8. The molecule has 33 heavy (non-hydrogen) atoms. The Hall–Kier alpha value is -3.10. The number of furan rings is 1. The highest BCUT2D eigenvalue weighted by atomic mass is 32.2. The summed E-state index contributed by atoms with van der Waals surface area (Å²) in [5.41, 5.74) is 2.52. The Balaban J connectivity index is 1.74. The van der Waals surface area contributed by atoms with Crippen molar-refractivity contribution in [3.8, 4) is 0 Å². The summed E-state index contributed by atoms with van der Waals surface area (Å²) in [7, 11) is -0.0108. The van der Waals surface area contributed by atoms with Crippen molar-refractivity contribution in [1.82, 2.24) is 10.2 Å². The number of sulfonamides is 1. The Morgan fingerprint density at radius 1 is 0.970 bits per heavy atom. The van der Waals surface area contributed by atoms with Crippen LogP contribution in [0.25, 0.3) is 0 Å². The average molecular weight is 470 g/mol. The largest absolute Gasteiger partial charge is 0.468 e. The smallest absolute Gasteiger partial charge is 0.264 e. The first-order valence-corrected chi connectivity index (χ1v) is 12.2. The minimum atomic E-state index is -3.83. The van der Waals surface area contributed by atoms with Crippen LogP contribution in [0.2, 0.25) is 0 Å². The van der Waals surface area contributed by atoms with E-state index in [9.17, 15) is 13.2 Å². The van der Waals surface area contributed by atoms with Gasteiger partial charge in [0.25, 0.3) is 10.0 Å². The molecule has 3 rings (SSSR count). The number of anilines is 1. The van der Waals surface area contributed by atoms with Crippen molar-refractivity contribution in [3.63, 3.8) is 0 Å². The van der Waals surface area contributed by atoms with Gasteiger partial charge in [0.05, 0.1) is 22.9 Å². The Morgan fingerprint density at radius 3 is 2.12 bits per heavy atom. The Morgan fingerprint density at radius 2 is 1.58 bits per heavy atom. The van der Waals surface area contributed by atoms with Gasteiger partial charge in [-0.2, -0.15) is 0 Å². The van der Waals surface area contributed by atoms with Gasteiger partial charge in [0.15, 0.2) is 0 Å². The molecule has 0 aliphatic heterocycles. The molecule has 2 aromatic carbocycles. The number of nitrogens with zero attached hydrogens (tertiary/aromatic N) is 2. The predicted octanol–water partition coefficient (Wildman–Crippen LogP) is 3.90. The lowest BCUT2D eigenvalue weighted by atomic mass is 10.2. The SMILES string of the molecule is Cc1ccc(N(CCC(=O)NCC(c2ccco2)N(C)C)S(=O)(=O)c2ccc(C)cc2)cc1. The number of hydrogen-bond donors (Lipinski definition) is 1. The van der Waals surface area contributed by atoms with E-state index >= 15 is 0 Å². The van der Waals surface area contributed by atoms with Crippen LogP contribution in [0.5, 0.6) is 0 Å². The van der Waals surface area contributed by atoms with Crippen LogP contribution >= 0.6 is 0 Å². The van der Waals surface area contributed by atoms with Gasteiger partial charge >= 0.3 is 0 Å². The summed E-state index contributed by atoms with van der Waals surface area (Å²) in [6.07, 6.45) is 1.63. The highest BCUT2D eigenvalue weighted by molar-refractivity contribution is 7.92. The minimum absolute atomic E-state index is 0.0251. The van der Waals surface area contributed by atoms with E-state index in [0.29, 0.717) is 12.2 Å². The second-order valence-corrected chi connectivity index (χ2v) is 10.1. The lowest BCUT2D eigenvalue weighted by Gasteiger charge is -2.25. The van der Waals surface area contributed by atoms with E-state index in [4.69, 9.17) is 4.42 Å². The maximum atomic E-state index is 13.4. The maximum absolute atomic E-state index is 13.4. The van der Waals surface area contributed by atoms with Gasteiger partial charge in [0.2, 0.25) is 5.91 Å². The molecule has 3 aromatic rings. The third-order valence-electron chi connectivity index (χ3n) is 5.46. The number of rotatable bonds is 10. The number of nitrogens with one attached hydrogen (secondary N) is 1. The van der Waals surface area contributed by atoms with Crippen molar-refractivity contribution in [2.75, 3.05) is 31.5 Å². The van der Waals surface area contributed by atoms with Gasteiger partial charge in [-0.25, -0.2) is 8.42 Å². The van der Waals surface area contributed by atoms with E-state index < -0.39 is 10.0 Å². The molecule has 0 aliphatic carbocycles. The summed E-state index contributed by atoms with van der Waals surface area (Å²) in [6, 6.07) is 17.5. The molecule has 7 nitrogen and oxygen atoms in total. The topological polar surface area (TPSA) is 82.9 Å². The predicted molar refractivity (Wildman–Crippen MR) is 130 cm³/mol. The molecular formula is C25H31N3O4S. The van der Waals surface area contributed by atoms with E-state index in [0.717, 1.165) is 16.9 Å². The maximum Gasteiger partial charge on any atom is 0.264 e. The van der Waals surface area contributed by atoms with Crippen LogP contribution in [0, 0.1) is 13.8 Å². The van der Waals surface area contributed by atoms with Crippen LogP contribution in [0.3, 0.4) is 0 Å². The van der Waals surface area contributed by atoms with Gasteiger partial charge in [0, 0.05) is 19.5 Å². The van der Waals surface area contributed by atoms with Crippen molar-refractivity contribution in [2.24, 2.45) is 0 Å². The van der Waals surface area contributed by atoms with E-state index in [-0.39, 0.29) is 29.8 Å². The molecule has 8 heteroatoms. The molecule has 0 spiro atoms. The third-order valence-corrected chi connectivity index (χ3v) is 7.30. The highest BCUT2D eigenvalue weighted by Crippen LogP contribution is 2.25. The highest BCUT2D eigenvalue weighted by Gasteiger charge is 2.26. The fraction of sp³-hybridized carbons (Fsp3) is 0.320. The number of likely N-dealkylation sites (N-methyl/N-ethyl adjacent to an activating group) is 1. The third kappa shape index (κ3) is 6.24. The lowest BCUT2D eigenvalue weighted by Crippen LogP contribution is -2.38. The van der Waals surface area contributed by atoms with Gasteiger partial charge < -0.3 is 9.73 Å². The van der Waals surface area contributed by atoms with E-state index in [2.05, 4.69) is 5.32 Å². The van der Waals surface area contributed by atoms with Crippen LogP contribution in [0.15, 0.2) is 76.2 Å². The lowest BCUT2D eigenvalue weighted by molar-refractivity contribution is -0.121. The molecule has 1 unspecified atom stereocenters. The zero-order valence-corrected chi connectivity index (χ0v) is 20.3. The van der Waals surface area contributed by atoms with Crippen molar-refractivity contribution < 1.29 is 17.6 Å². The van der Waals surface area contributed by atoms with Gasteiger partial charge in [-0.3, -0.25) is 14.0 Å². The Bertz CT molecular complexity index is 1140. The Labute approximate surface area is 196 Å². The van der Waals surface area contributed by atoms with Gasteiger partial charge in [-0.05, 0) is 64.3 Å². The first-order chi connectivity index (χ1) is 15.7. The fourth-order valence-electron chi connectivity index (χ4n) is 3.46. The summed E-state index contributed by atoms with van der Waals surface area (Å²) in [5, 5.41) is 2.90. The number of carbonyl (C=O) groups excluding carboxylic acids is 1. The summed E-state index contributed by atoms with van der Waals surface area (Å²) in [6.45, 7) is 4.23. The minimum Gasteiger partial charge on any atom is -0.468 e. The molecule has 176 valence electrons. The second kappa shape index (κ2) is 10.7.